The van der Waals surface area contributed by atoms with Crippen LogP contribution in [-0.2, 0) is 4.74 Å². The summed E-state index contributed by atoms with van der Waals surface area (Å²) in [5.74, 6) is 2.48. The van der Waals surface area contributed by atoms with Crippen LogP contribution >= 0.6 is 11.3 Å². The van der Waals surface area contributed by atoms with Gasteiger partial charge in [-0.15, -0.1) is 11.3 Å². The Morgan fingerprint density at radius 2 is 2.21 bits per heavy atom. The third kappa shape index (κ3) is 4.48. The molecule has 0 amide bonds. The lowest BCUT2D eigenvalue weighted by Gasteiger charge is -2.29. The fourth-order valence-corrected chi connectivity index (χ4v) is 3.62. The van der Waals surface area contributed by atoms with Gasteiger partial charge in [-0.05, 0) is 25.8 Å². The van der Waals surface area contributed by atoms with E-state index in [0.29, 0.717) is 12.5 Å². The van der Waals surface area contributed by atoms with Gasteiger partial charge < -0.3 is 20.3 Å². The van der Waals surface area contributed by atoms with Gasteiger partial charge in [-0.2, -0.15) is 0 Å². The van der Waals surface area contributed by atoms with Crippen LogP contribution in [0.1, 0.15) is 13.3 Å². The van der Waals surface area contributed by atoms with Crippen molar-refractivity contribution in [2.45, 2.75) is 13.3 Å². The highest BCUT2D eigenvalue weighted by molar-refractivity contribution is 7.14. The summed E-state index contributed by atoms with van der Waals surface area (Å²) in [5, 5.41) is 9.11. The van der Waals surface area contributed by atoms with Gasteiger partial charge in [-0.25, -0.2) is 9.97 Å². The van der Waals surface area contributed by atoms with E-state index in [-0.39, 0.29) is 0 Å². The lowest BCUT2D eigenvalue weighted by Crippen LogP contribution is -2.32. The van der Waals surface area contributed by atoms with Crippen LogP contribution in [0.15, 0.2) is 45.0 Å². The molecule has 1 aliphatic heterocycles. The van der Waals surface area contributed by atoms with Crippen molar-refractivity contribution in [1.29, 1.82) is 0 Å². The van der Waals surface area contributed by atoms with Crippen LogP contribution in [0.3, 0.4) is 0 Å². The maximum atomic E-state index is 5.40. The molecule has 0 radical (unpaired) electrons. The maximum Gasteiger partial charge on any atom is 0.197 e. The third-order valence-electron chi connectivity index (χ3n) is 4.33. The molecule has 8 nitrogen and oxygen atoms in total. The number of nitrogens with zero attached hydrogens (tertiary/aromatic N) is 5. The zero-order chi connectivity index (χ0) is 19.9. The monoisotopic (exact) mass is 399 g/mol. The first-order valence-corrected chi connectivity index (χ1v) is 9.94. The summed E-state index contributed by atoms with van der Waals surface area (Å²) in [5.41, 5.74) is 2.51. The number of nitrogens with one attached hydrogen (secondary N) is 2. The second kappa shape index (κ2) is 9.32. The number of anilines is 2. The number of pyridine rings is 1. The van der Waals surface area contributed by atoms with E-state index in [1.54, 1.807) is 14.2 Å². The smallest absolute Gasteiger partial charge is 0.197 e. The standard InChI is InChI=1S/C19H25N7OS/c1-5-22-18(21-3)25-19-24-15(12-28-19)13-7-6-8-17(23-13)26-10-9-16(27-4)14(11-26)20-2/h6-8,12H,2,5,9-11H2,1,3-4H3,(H2,21,22,24,25). The van der Waals surface area contributed by atoms with E-state index >= 15 is 0 Å². The molecule has 0 unspecified atom stereocenters. The van der Waals surface area contributed by atoms with Gasteiger partial charge in [-0.1, -0.05) is 6.07 Å². The van der Waals surface area contributed by atoms with Gasteiger partial charge in [0.15, 0.2) is 11.1 Å². The molecule has 1 aliphatic rings. The highest BCUT2D eigenvalue weighted by Gasteiger charge is 2.20. The average molecular weight is 400 g/mol. The number of ether oxygens (including phenoxy) is 1. The van der Waals surface area contributed by atoms with Crippen molar-refractivity contribution in [1.82, 2.24) is 15.3 Å². The largest absolute Gasteiger partial charge is 0.499 e. The van der Waals surface area contributed by atoms with Crippen LogP contribution in [0.4, 0.5) is 10.9 Å². The van der Waals surface area contributed by atoms with E-state index in [0.717, 1.165) is 53.3 Å². The van der Waals surface area contributed by atoms with Crippen LogP contribution in [0.5, 0.6) is 0 Å². The second-order valence-electron chi connectivity index (χ2n) is 6.05. The van der Waals surface area contributed by atoms with Crippen LogP contribution < -0.4 is 15.5 Å². The summed E-state index contributed by atoms with van der Waals surface area (Å²) in [6.45, 7) is 7.92. The molecule has 2 N–H and O–H groups in total. The maximum absolute atomic E-state index is 5.40. The Bertz CT molecular complexity index is 890. The van der Waals surface area contributed by atoms with Crippen LogP contribution in [0.2, 0.25) is 0 Å². The van der Waals surface area contributed by atoms with Crippen molar-refractivity contribution in [2.75, 3.05) is 44.0 Å². The highest BCUT2D eigenvalue weighted by Crippen LogP contribution is 2.27. The number of aromatic nitrogens is 2. The first-order chi connectivity index (χ1) is 13.7. The molecule has 3 heterocycles. The molecule has 0 aromatic carbocycles. The Morgan fingerprint density at radius 3 is 2.93 bits per heavy atom. The minimum absolute atomic E-state index is 0.631. The first kappa shape index (κ1) is 19.8. The number of thiazole rings is 1. The van der Waals surface area contributed by atoms with Crippen molar-refractivity contribution in [3.63, 3.8) is 0 Å². The summed E-state index contributed by atoms with van der Waals surface area (Å²) >= 11 is 1.52. The third-order valence-corrected chi connectivity index (χ3v) is 5.08. The molecule has 0 spiro atoms. The Kier molecular flexibility index (Phi) is 6.59. The summed E-state index contributed by atoms with van der Waals surface area (Å²) in [4.78, 5) is 19.9. The van der Waals surface area contributed by atoms with Gasteiger partial charge in [0.25, 0.3) is 0 Å². The fraction of sp³-hybridized carbons (Fsp3) is 0.368. The molecule has 3 rings (SSSR count). The number of hydrogen-bond donors (Lipinski definition) is 2. The molecule has 0 saturated carbocycles. The van der Waals surface area contributed by atoms with E-state index in [1.165, 1.54) is 11.3 Å². The number of rotatable bonds is 6. The van der Waals surface area contributed by atoms with Crippen molar-refractivity contribution >= 4 is 35.0 Å². The zero-order valence-electron chi connectivity index (χ0n) is 16.4. The number of hydrogen-bond acceptors (Lipinski definition) is 7. The van der Waals surface area contributed by atoms with Gasteiger partial charge in [0.1, 0.15) is 17.3 Å². The summed E-state index contributed by atoms with van der Waals surface area (Å²) in [6.07, 6.45) is 0.783. The quantitative estimate of drug-likeness (QED) is 0.574. The van der Waals surface area contributed by atoms with Crippen LogP contribution in [-0.4, -0.2) is 56.4 Å². The molecule has 0 fully saturated rings. The SMILES string of the molecule is C=NC1=C(OC)CCN(c2cccc(-c3csc(NC(=NC)NCC)n3)n2)C1. The van der Waals surface area contributed by atoms with Crippen molar-refractivity contribution in [3.05, 3.63) is 35.0 Å². The number of methoxy groups -OCH3 is 1. The predicted molar refractivity (Wildman–Crippen MR) is 116 cm³/mol. The second-order valence-corrected chi connectivity index (χ2v) is 6.91. The Morgan fingerprint density at radius 1 is 1.36 bits per heavy atom. The molecule has 2 aromatic heterocycles. The van der Waals surface area contributed by atoms with Gasteiger partial charge in [0.2, 0.25) is 0 Å². The van der Waals surface area contributed by atoms with Gasteiger partial charge in [0.05, 0.1) is 25.0 Å². The van der Waals surface area contributed by atoms with Crippen molar-refractivity contribution in [3.8, 4) is 11.4 Å². The van der Waals surface area contributed by atoms with E-state index in [9.17, 15) is 0 Å². The molecule has 0 atom stereocenters. The molecular formula is C19H25N7OS. The molecule has 2 aromatic rings. The van der Waals surface area contributed by atoms with E-state index < -0.39 is 0 Å². The van der Waals surface area contributed by atoms with Crippen LogP contribution in [0, 0.1) is 0 Å². The van der Waals surface area contributed by atoms with E-state index in [2.05, 4.69) is 37.2 Å². The first-order valence-electron chi connectivity index (χ1n) is 9.06. The highest BCUT2D eigenvalue weighted by atomic mass is 32.1. The molecule has 0 bridgehead atoms. The molecule has 148 valence electrons. The molecular weight excluding hydrogens is 374 g/mol. The van der Waals surface area contributed by atoms with E-state index in [1.807, 2.05) is 30.5 Å². The zero-order valence-corrected chi connectivity index (χ0v) is 17.2. The Hall–Kier alpha value is -2.94. The summed E-state index contributed by atoms with van der Waals surface area (Å²) in [6, 6.07) is 5.97. The minimum Gasteiger partial charge on any atom is -0.499 e. The van der Waals surface area contributed by atoms with Crippen LogP contribution in [0.25, 0.3) is 11.4 Å². The van der Waals surface area contributed by atoms with Gasteiger partial charge >= 0.3 is 0 Å². The topological polar surface area (TPSA) is 87.0 Å². The van der Waals surface area contributed by atoms with Crippen molar-refractivity contribution in [2.24, 2.45) is 9.98 Å². The number of guanidine groups is 1. The Labute approximate surface area is 169 Å². The minimum atomic E-state index is 0.631. The van der Waals surface area contributed by atoms with Crippen molar-refractivity contribution < 1.29 is 4.74 Å². The van der Waals surface area contributed by atoms with Gasteiger partial charge in [0, 0.05) is 31.9 Å². The van der Waals surface area contributed by atoms with Gasteiger partial charge in [-0.3, -0.25) is 9.98 Å². The summed E-state index contributed by atoms with van der Waals surface area (Å²) in [7, 11) is 3.41. The molecule has 28 heavy (non-hydrogen) atoms. The molecule has 9 heteroatoms. The average Bonchev–Trinajstić information content (AvgIpc) is 3.21. The normalized spacial score (nSPS) is 14.8. The predicted octanol–water partition coefficient (Wildman–Crippen LogP) is 2.98. The lowest BCUT2D eigenvalue weighted by atomic mass is 10.1. The molecule has 0 aliphatic carbocycles. The summed E-state index contributed by atoms with van der Waals surface area (Å²) < 4.78 is 5.40. The Balaban J connectivity index is 1.77. The molecule has 0 saturated heterocycles. The fourth-order valence-electron chi connectivity index (χ4n) is 2.92. The van der Waals surface area contributed by atoms with E-state index in [4.69, 9.17) is 9.72 Å². The lowest BCUT2D eigenvalue weighted by molar-refractivity contribution is 0.267. The number of aliphatic imine (C=N–C) groups is 2.